The van der Waals surface area contributed by atoms with Crippen molar-refractivity contribution in [2.24, 2.45) is 5.92 Å². The van der Waals surface area contributed by atoms with Crippen LogP contribution in [0.2, 0.25) is 0 Å². The molecular weight excluding hydrogens is 180 g/mol. The predicted molar refractivity (Wildman–Crippen MR) is 70.6 cm³/mol. The third-order valence-corrected chi connectivity index (χ3v) is 2.85. The van der Waals surface area contributed by atoms with Crippen LogP contribution in [0.25, 0.3) is 0 Å². The molecule has 0 aliphatic carbocycles. The zero-order chi connectivity index (χ0) is 11.4. The van der Waals surface area contributed by atoms with E-state index in [2.05, 4.69) is 32.9 Å². The summed E-state index contributed by atoms with van der Waals surface area (Å²) < 4.78 is 0. The van der Waals surface area contributed by atoms with Crippen LogP contribution in [0, 0.1) is 19.8 Å². The van der Waals surface area contributed by atoms with Gasteiger partial charge < -0.3 is 0 Å². The van der Waals surface area contributed by atoms with Gasteiger partial charge in [0.05, 0.1) is 0 Å². The number of allylic oxidation sites excluding steroid dienone is 2. The van der Waals surface area contributed by atoms with E-state index in [0.717, 1.165) is 18.8 Å². The van der Waals surface area contributed by atoms with Crippen molar-refractivity contribution >= 4 is 0 Å². The largest absolute Gasteiger partial charge is 0.0885 e. The molecule has 2 radical (unpaired) electrons. The molecule has 15 heavy (non-hydrogen) atoms. The van der Waals surface area contributed by atoms with Crippen LogP contribution >= 0.6 is 0 Å². The molecule has 0 aromatic heterocycles. The van der Waals surface area contributed by atoms with E-state index < -0.39 is 0 Å². The average molecular weight is 208 g/mol. The van der Waals surface area contributed by atoms with Gasteiger partial charge in [-0.1, -0.05) is 64.5 Å². The zero-order valence-corrected chi connectivity index (χ0v) is 10.5. The van der Waals surface area contributed by atoms with Gasteiger partial charge in [-0.25, -0.2) is 0 Å². The molecule has 0 heteroatoms. The summed E-state index contributed by atoms with van der Waals surface area (Å²) in [6.45, 7) is 10.0. The molecule has 1 unspecified atom stereocenters. The second kappa shape index (κ2) is 11.8. The van der Waals surface area contributed by atoms with Gasteiger partial charge in [0.2, 0.25) is 0 Å². The Kier molecular flexibility index (Phi) is 11.6. The molecule has 0 saturated carbocycles. The molecule has 0 bridgehead atoms. The van der Waals surface area contributed by atoms with Gasteiger partial charge in [-0.05, 0) is 32.1 Å². The van der Waals surface area contributed by atoms with E-state index in [0.29, 0.717) is 0 Å². The summed E-state index contributed by atoms with van der Waals surface area (Å²) >= 11 is 0. The molecular formula is C15H28. The molecule has 0 nitrogen and oxygen atoms in total. The van der Waals surface area contributed by atoms with Crippen molar-refractivity contribution in [2.45, 2.75) is 64.7 Å². The van der Waals surface area contributed by atoms with E-state index in [9.17, 15) is 0 Å². The van der Waals surface area contributed by atoms with Gasteiger partial charge in [-0.15, -0.1) is 0 Å². The standard InChI is InChI=1S/C15H28/c1-4-6-8-9-10-12-14-15(3)13-11-7-5-2/h6,8,15H,1-2,4-5,7,9-14H2,3H3. The van der Waals surface area contributed by atoms with Crippen molar-refractivity contribution in [3.05, 3.63) is 26.0 Å². The molecule has 0 spiro atoms. The van der Waals surface area contributed by atoms with Crippen LogP contribution in [0.1, 0.15) is 64.7 Å². The summed E-state index contributed by atoms with van der Waals surface area (Å²) in [5.74, 6) is 0.911. The fourth-order valence-corrected chi connectivity index (χ4v) is 1.80. The molecule has 0 aliphatic heterocycles. The van der Waals surface area contributed by atoms with Crippen molar-refractivity contribution in [3.63, 3.8) is 0 Å². The molecule has 0 aromatic carbocycles. The Morgan fingerprint density at radius 1 is 0.933 bits per heavy atom. The molecule has 0 aliphatic rings. The predicted octanol–water partition coefficient (Wildman–Crippen LogP) is 5.36. The van der Waals surface area contributed by atoms with Crippen molar-refractivity contribution in [1.29, 1.82) is 0 Å². The Hall–Kier alpha value is -0.260. The Morgan fingerprint density at radius 2 is 1.60 bits per heavy atom. The number of unbranched alkanes of at least 4 members (excludes halogenated alkanes) is 4. The van der Waals surface area contributed by atoms with Crippen LogP contribution < -0.4 is 0 Å². The molecule has 0 amide bonds. The van der Waals surface area contributed by atoms with Gasteiger partial charge in [0.25, 0.3) is 0 Å². The maximum absolute atomic E-state index is 3.87. The molecule has 1 atom stereocenters. The Morgan fingerprint density at radius 3 is 2.20 bits per heavy atom. The maximum Gasteiger partial charge on any atom is -0.0351 e. The lowest BCUT2D eigenvalue weighted by Crippen LogP contribution is -1.94. The molecule has 0 saturated heterocycles. The van der Waals surface area contributed by atoms with Gasteiger partial charge in [-0.3, -0.25) is 0 Å². The summed E-state index contributed by atoms with van der Waals surface area (Å²) in [6.07, 6.45) is 15.9. The first-order chi connectivity index (χ1) is 7.31. The Labute approximate surface area is 97.2 Å². The molecule has 0 fully saturated rings. The zero-order valence-electron chi connectivity index (χ0n) is 10.5. The van der Waals surface area contributed by atoms with Crippen LogP contribution in [0.15, 0.2) is 12.2 Å². The van der Waals surface area contributed by atoms with Crippen molar-refractivity contribution < 1.29 is 0 Å². The van der Waals surface area contributed by atoms with Gasteiger partial charge in [0.1, 0.15) is 0 Å². The minimum atomic E-state index is 0.911. The molecule has 88 valence electrons. The van der Waals surface area contributed by atoms with E-state index >= 15 is 0 Å². The average Bonchev–Trinajstić information content (AvgIpc) is 2.23. The highest BCUT2D eigenvalue weighted by Gasteiger charge is 2.00. The van der Waals surface area contributed by atoms with Gasteiger partial charge in [0.15, 0.2) is 0 Å². The van der Waals surface area contributed by atoms with E-state index in [1.807, 2.05) is 0 Å². The fraction of sp³-hybridized carbons (Fsp3) is 0.733. The van der Waals surface area contributed by atoms with Crippen molar-refractivity contribution in [3.8, 4) is 0 Å². The minimum absolute atomic E-state index is 0.911. The lowest BCUT2D eigenvalue weighted by atomic mass is 9.97. The smallest absolute Gasteiger partial charge is 0.0351 e. The number of rotatable bonds is 10. The first kappa shape index (κ1) is 14.7. The fourth-order valence-electron chi connectivity index (χ4n) is 1.80. The highest BCUT2D eigenvalue weighted by atomic mass is 14.1. The van der Waals surface area contributed by atoms with E-state index in [1.165, 1.54) is 44.9 Å². The monoisotopic (exact) mass is 208 g/mol. The van der Waals surface area contributed by atoms with Crippen LogP contribution in [0.4, 0.5) is 0 Å². The van der Waals surface area contributed by atoms with Crippen LogP contribution in [0.5, 0.6) is 0 Å². The van der Waals surface area contributed by atoms with Crippen LogP contribution in [-0.2, 0) is 0 Å². The summed E-state index contributed by atoms with van der Waals surface area (Å²) in [5, 5.41) is 0. The second-order valence-electron chi connectivity index (χ2n) is 4.50. The van der Waals surface area contributed by atoms with E-state index in [1.54, 1.807) is 0 Å². The second-order valence-corrected chi connectivity index (χ2v) is 4.50. The normalized spacial score (nSPS) is 13.5. The highest BCUT2D eigenvalue weighted by molar-refractivity contribution is 4.81. The lowest BCUT2D eigenvalue weighted by Gasteiger charge is -2.09. The maximum atomic E-state index is 3.87. The summed E-state index contributed by atoms with van der Waals surface area (Å²) in [6, 6.07) is 0. The van der Waals surface area contributed by atoms with Crippen molar-refractivity contribution in [1.82, 2.24) is 0 Å². The Balaban J connectivity index is 3.16. The molecule has 0 aromatic rings. The van der Waals surface area contributed by atoms with E-state index in [4.69, 9.17) is 0 Å². The minimum Gasteiger partial charge on any atom is -0.0885 e. The van der Waals surface area contributed by atoms with Gasteiger partial charge in [-0.2, -0.15) is 0 Å². The lowest BCUT2D eigenvalue weighted by molar-refractivity contribution is 0.446. The van der Waals surface area contributed by atoms with Crippen molar-refractivity contribution in [2.75, 3.05) is 0 Å². The van der Waals surface area contributed by atoms with Gasteiger partial charge in [0, 0.05) is 0 Å². The van der Waals surface area contributed by atoms with E-state index in [-0.39, 0.29) is 0 Å². The first-order valence-corrected chi connectivity index (χ1v) is 6.54. The number of hydrogen-bond acceptors (Lipinski definition) is 0. The third-order valence-electron chi connectivity index (χ3n) is 2.85. The number of hydrogen-bond donors (Lipinski definition) is 0. The van der Waals surface area contributed by atoms with Crippen LogP contribution in [0.3, 0.4) is 0 Å². The third kappa shape index (κ3) is 11.7. The SMILES string of the molecule is [CH2]CC=CCCCCC(C)CCCC[CH2]. The molecule has 0 N–H and O–H groups in total. The van der Waals surface area contributed by atoms with Gasteiger partial charge >= 0.3 is 0 Å². The summed E-state index contributed by atoms with van der Waals surface area (Å²) in [4.78, 5) is 0. The summed E-state index contributed by atoms with van der Waals surface area (Å²) in [7, 11) is 0. The molecule has 0 heterocycles. The Bertz CT molecular complexity index is 135. The quantitative estimate of drug-likeness (QED) is 0.335. The summed E-state index contributed by atoms with van der Waals surface area (Å²) in [5.41, 5.74) is 0. The highest BCUT2D eigenvalue weighted by Crippen LogP contribution is 2.16. The van der Waals surface area contributed by atoms with Crippen LogP contribution in [-0.4, -0.2) is 0 Å². The molecule has 0 rings (SSSR count). The first-order valence-electron chi connectivity index (χ1n) is 6.54. The topological polar surface area (TPSA) is 0 Å².